The Balaban J connectivity index is 1.92. The zero-order chi connectivity index (χ0) is 12.3. The van der Waals surface area contributed by atoms with Crippen molar-refractivity contribution in [2.45, 2.75) is 26.9 Å². The van der Waals surface area contributed by atoms with Crippen LogP contribution in [0.2, 0.25) is 0 Å². The lowest BCUT2D eigenvalue weighted by molar-refractivity contribution is 0.465. The zero-order valence-corrected chi connectivity index (χ0v) is 10.1. The van der Waals surface area contributed by atoms with Crippen LogP contribution in [0, 0.1) is 13.8 Å². The molecule has 2 heterocycles. The van der Waals surface area contributed by atoms with Crippen molar-refractivity contribution in [1.82, 2.24) is 20.5 Å². The van der Waals surface area contributed by atoms with Gasteiger partial charge in [0.25, 0.3) is 0 Å². The van der Waals surface area contributed by atoms with Gasteiger partial charge in [0, 0.05) is 0 Å². The van der Waals surface area contributed by atoms with Crippen LogP contribution in [0.15, 0.2) is 8.83 Å². The number of nitrogens with zero attached hydrogens (tertiary/aromatic N) is 3. The molecule has 0 aliphatic rings. The van der Waals surface area contributed by atoms with Crippen molar-refractivity contribution in [3.63, 3.8) is 0 Å². The lowest BCUT2D eigenvalue weighted by Crippen LogP contribution is -2.04. The van der Waals surface area contributed by atoms with E-state index in [4.69, 9.17) is 8.83 Å². The molecule has 0 amide bonds. The number of anilines is 1. The maximum atomic E-state index is 5.41. The van der Waals surface area contributed by atoms with Gasteiger partial charge in [-0.1, -0.05) is 5.10 Å². The lowest BCUT2D eigenvalue weighted by Gasteiger charge is -1.95. The highest BCUT2D eigenvalue weighted by molar-refractivity contribution is 5.18. The third-order valence-electron chi connectivity index (χ3n) is 2.26. The maximum absolute atomic E-state index is 5.41. The van der Waals surface area contributed by atoms with Crippen LogP contribution in [-0.4, -0.2) is 22.2 Å². The number of aromatic nitrogens is 3. The minimum absolute atomic E-state index is 0.365. The summed E-state index contributed by atoms with van der Waals surface area (Å²) in [5, 5.41) is 13.6. The number of oxazole rings is 1. The van der Waals surface area contributed by atoms with E-state index < -0.39 is 0 Å². The van der Waals surface area contributed by atoms with Crippen LogP contribution in [0.1, 0.15) is 23.2 Å². The van der Waals surface area contributed by atoms with E-state index in [1.807, 2.05) is 20.9 Å². The molecule has 2 aromatic rings. The molecule has 2 aromatic heterocycles. The van der Waals surface area contributed by atoms with Crippen LogP contribution < -0.4 is 10.6 Å². The summed E-state index contributed by atoms with van der Waals surface area (Å²) in [5.74, 6) is 1.96. The van der Waals surface area contributed by atoms with Gasteiger partial charge in [-0.2, -0.15) is 0 Å². The summed E-state index contributed by atoms with van der Waals surface area (Å²) in [4.78, 5) is 4.24. The molecular formula is C10H15N5O2. The van der Waals surface area contributed by atoms with Crippen LogP contribution in [0.5, 0.6) is 0 Å². The molecule has 0 aromatic carbocycles. The lowest BCUT2D eigenvalue weighted by atomic mass is 10.4. The highest BCUT2D eigenvalue weighted by atomic mass is 16.4. The summed E-state index contributed by atoms with van der Waals surface area (Å²) >= 11 is 0. The summed E-state index contributed by atoms with van der Waals surface area (Å²) in [6.07, 6.45) is 0. The summed E-state index contributed by atoms with van der Waals surface area (Å²) in [6, 6.07) is 0.365. The van der Waals surface area contributed by atoms with Gasteiger partial charge in [-0.3, -0.25) is 0 Å². The van der Waals surface area contributed by atoms with Gasteiger partial charge in [0.1, 0.15) is 5.76 Å². The van der Waals surface area contributed by atoms with Crippen molar-refractivity contribution < 1.29 is 8.83 Å². The summed E-state index contributed by atoms with van der Waals surface area (Å²) < 4.78 is 10.7. The van der Waals surface area contributed by atoms with Crippen LogP contribution >= 0.6 is 0 Å². The van der Waals surface area contributed by atoms with Crippen molar-refractivity contribution in [3.8, 4) is 0 Å². The second kappa shape index (κ2) is 4.96. The Morgan fingerprint density at radius 1 is 1.06 bits per heavy atom. The molecule has 0 fully saturated rings. The van der Waals surface area contributed by atoms with Crippen LogP contribution in [-0.2, 0) is 13.1 Å². The monoisotopic (exact) mass is 237 g/mol. The molecule has 0 atom stereocenters. The Morgan fingerprint density at radius 3 is 2.53 bits per heavy atom. The first-order valence-electron chi connectivity index (χ1n) is 5.33. The quantitative estimate of drug-likeness (QED) is 0.802. The Morgan fingerprint density at radius 2 is 1.88 bits per heavy atom. The first kappa shape index (κ1) is 11.6. The Labute approximate surface area is 98.6 Å². The zero-order valence-electron chi connectivity index (χ0n) is 10.1. The summed E-state index contributed by atoms with van der Waals surface area (Å²) in [5.41, 5.74) is 0.892. The molecular weight excluding hydrogens is 222 g/mol. The highest BCUT2D eigenvalue weighted by Gasteiger charge is 2.08. The molecule has 17 heavy (non-hydrogen) atoms. The van der Waals surface area contributed by atoms with Gasteiger partial charge < -0.3 is 19.5 Å². The van der Waals surface area contributed by atoms with Crippen LogP contribution in [0.25, 0.3) is 0 Å². The number of hydrogen-bond acceptors (Lipinski definition) is 7. The smallest absolute Gasteiger partial charge is 0.315 e. The standard InChI is InChI=1S/C10H15N5O2/c1-6-7(2)16-8(13-6)5-12-10-15-14-9(17-10)4-11-3/h11H,4-5H2,1-3H3,(H,12,15). The van der Waals surface area contributed by atoms with E-state index in [2.05, 4.69) is 25.8 Å². The fraction of sp³-hybridized carbons (Fsp3) is 0.500. The molecule has 2 rings (SSSR count). The van der Waals surface area contributed by atoms with Crippen LogP contribution in [0.3, 0.4) is 0 Å². The number of rotatable bonds is 5. The Kier molecular flexibility index (Phi) is 3.38. The van der Waals surface area contributed by atoms with Gasteiger partial charge in [0.15, 0.2) is 0 Å². The topological polar surface area (TPSA) is 89.0 Å². The first-order valence-corrected chi connectivity index (χ1v) is 5.33. The molecule has 0 radical (unpaired) electrons. The van der Waals surface area contributed by atoms with E-state index in [1.165, 1.54) is 0 Å². The third kappa shape index (κ3) is 2.82. The SMILES string of the molecule is CNCc1nnc(NCc2nc(C)c(C)o2)o1. The second-order valence-electron chi connectivity index (χ2n) is 3.63. The predicted octanol–water partition coefficient (Wildman–Crippen LogP) is 1.01. The molecule has 0 saturated carbocycles. The van der Waals surface area contributed by atoms with Crippen molar-refractivity contribution in [3.05, 3.63) is 23.2 Å². The largest absolute Gasteiger partial charge is 0.444 e. The van der Waals surface area contributed by atoms with Crippen LogP contribution in [0.4, 0.5) is 6.01 Å². The average Bonchev–Trinajstić information content (AvgIpc) is 2.85. The Hall–Kier alpha value is -1.89. The average molecular weight is 237 g/mol. The molecule has 0 aliphatic heterocycles. The molecule has 0 unspecified atom stereocenters. The second-order valence-corrected chi connectivity index (χ2v) is 3.63. The molecule has 92 valence electrons. The molecule has 0 saturated heterocycles. The van der Waals surface area contributed by atoms with Gasteiger partial charge in [-0.15, -0.1) is 5.10 Å². The van der Waals surface area contributed by atoms with Crippen molar-refractivity contribution >= 4 is 6.01 Å². The molecule has 2 N–H and O–H groups in total. The van der Waals surface area contributed by atoms with E-state index in [0.717, 1.165) is 11.5 Å². The molecule has 0 aliphatic carbocycles. The Bertz CT molecular complexity index is 471. The van der Waals surface area contributed by atoms with Gasteiger partial charge >= 0.3 is 6.01 Å². The summed E-state index contributed by atoms with van der Waals surface area (Å²) in [6.45, 7) is 4.76. The fourth-order valence-corrected chi connectivity index (χ4v) is 1.31. The van der Waals surface area contributed by atoms with E-state index >= 15 is 0 Å². The minimum atomic E-state index is 0.365. The van der Waals surface area contributed by atoms with Crippen molar-refractivity contribution in [2.75, 3.05) is 12.4 Å². The first-order chi connectivity index (χ1) is 8.19. The van der Waals surface area contributed by atoms with Gasteiger partial charge in [0.05, 0.1) is 18.8 Å². The number of nitrogens with one attached hydrogen (secondary N) is 2. The van der Waals surface area contributed by atoms with Crippen molar-refractivity contribution in [1.29, 1.82) is 0 Å². The molecule has 7 nitrogen and oxygen atoms in total. The maximum Gasteiger partial charge on any atom is 0.315 e. The van der Waals surface area contributed by atoms with Crippen molar-refractivity contribution in [2.24, 2.45) is 0 Å². The fourth-order valence-electron chi connectivity index (χ4n) is 1.31. The molecule has 0 bridgehead atoms. The van der Waals surface area contributed by atoms with Gasteiger partial charge in [0.2, 0.25) is 11.8 Å². The normalized spacial score (nSPS) is 10.8. The highest BCUT2D eigenvalue weighted by Crippen LogP contribution is 2.11. The van der Waals surface area contributed by atoms with E-state index in [0.29, 0.717) is 30.9 Å². The summed E-state index contributed by atoms with van der Waals surface area (Å²) in [7, 11) is 1.82. The van der Waals surface area contributed by atoms with Gasteiger partial charge in [-0.25, -0.2) is 4.98 Å². The van der Waals surface area contributed by atoms with E-state index in [1.54, 1.807) is 0 Å². The predicted molar refractivity (Wildman–Crippen MR) is 60.4 cm³/mol. The molecule has 0 spiro atoms. The van der Waals surface area contributed by atoms with E-state index in [9.17, 15) is 0 Å². The minimum Gasteiger partial charge on any atom is -0.444 e. The number of hydrogen-bond donors (Lipinski definition) is 2. The molecule has 7 heteroatoms. The third-order valence-corrected chi connectivity index (χ3v) is 2.26. The van der Waals surface area contributed by atoms with Gasteiger partial charge in [-0.05, 0) is 20.9 Å². The number of aryl methyl sites for hydroxylation is 2. The van der Waals surface area contributed by atoms with E-state index in [-0.39, 0.29) is 0 Å².